The van der Waals surface area contributed by atoms with Gasteiger partial charge in [-0.25, -0.2) is 4.99 Å². The molecule has 1 fully saturated rings. The van der Waals surface area contributed by atoms with E-state index in [1.54, 1.807) is 11.8 Å². The van der Waals surface area contributed by atoms with E-state index in [9.17, 15) is 0 Å². The topological polar surface area (TPSA) is 48.2 Å². The zero-order valence-corrected chi connectivity index (χ0v) is 9.36. The molecular formula is C7H13N3OS2. The van der Waals surface area contributed by atoms with E-state index in [1.165, 1.54) is 0 Å². The number of amidine groups is 1. The van der Waals surface area contributed by atoms with Gasteiger partial charge in [-0.2, -0.15) is 0 Å². The van der Waals surface area contributed by atoms with Gasteiger partial charge in [0, 0.05) is 12.3 Å². The van der Waals surface area contributed by atoms with Gasteiger partial charge in [-0.05, 0) is 24.5 Å². The Bertz CT molecular complexity index is 287. The molecular weight excluding hydrogens is 206 g/mol. The van der Waals surface area contributed by atoms with Crippen LogP contribution in [0.1, 0.15) is 13.8 Å². The lowest BCUT2D eigenvalue weighted by molar-refractivity contribution is 0.325. The molecule has 1 atom stereocenters. The van der Waals surface area contributed by atoms with Gasteiger partial charge in [-0.3, -0.25) is 5.21 Å². The predicted molar refractivity (Wildman–Crippen MR) is 57.1 cm³/mol. The summed E-state index contributed by atoms with van der Waals surface area (Å²) in [5.41, 5.74) is 0. The highest BCUT2D eigenvalue weighted by molar-refractivity contribution is 8.14. The SMILES string of the molecule is CC1(C)N=C2SCCN2CS1=NO. The number of fused-ring (bicyclic) bond motifs is 1. The molecule has 0 aromatic carbocycles. The van der Waals surface area contributed by atoms with Gasteiger partial charge in [0.05, 0.1) is 5.88 Å². The first-order valence-electron chi connectivity index (χ1n) is 4.17. The minimum Gasteiger partial charge on any atom is -0.340 e. The van der Waals surface area contributed by atoms with Gasteiger partial charge in [0.2, 0.25) is 0 Å². The number of thioether (sulfide) groups is 1. The molecule has 1 saturated heterocycles. The standard InChI is InChI=1S/C7H13N3OS2/c1-7(2)8-6-10(3-4-12-6)5-13(7)9-11/h11H,3-5H2,1-2H3. The molecule has 0 amide bonds. The highest BCUT2D eigenvalue weighted by atomic mass is 32.2. The van der Waals surface area contributed by atoms with Crippen LogP contribution in [0.5, 0.6) is 0 Å². The fourth-order valence-corrected chi connectivity index (χ4v) is 3.94. The van der Waals surface area contributed by atoms with Gasteiger partial charge in [-0.15, -0.1) is 4.53 Å². The smallest absolute Gasteiger partial charge is 0.161 e. The zero-order chi connectivity index (χ0) is 9.47. The van der Waals surface area contributed by atoms with Gasteiger partial charge >= 0.3 is 0 Å². The van der Waals surface area contributed by atoms with Gasteiger partial charge in [0.25, 0.3) is 0 Å². The third-order valence-corrected chi connectivity index (χ3v) is 5.17. The molecule has 0 aromatic rings. The van der Waals surface area contributed by atoms with Crippen LogP contribution in [0.3, 0.4) is 0 Å². The molecule has 13 heavy (non-hydrogen) atoms. The average molecular weight is 219 g/mol. The lowest BCUT2D eigenvalue weighted by Crippen LogP contribution is -2.42. The second kappa shape index (κ2) is 3.25. The third kappa shape index (κ3) is 1.62. The van der Waals surface area contributed by atoms with Crippen LogP contribution in [0.25, 0.3) is 0 Å². The van der Waals surface area contributed by atoms with Crippen molar-refractivity contribution >= 4 is 27.6 Å². The highest BCUT2D eigenvalue weighted by Gasteiger charge is 2.34. The summed E-state index contributed by atoms with van der Waals surface area (Å²) >= 11 is 1.80. The summed E-state index contributed by atoms with van der Waals surface area (Å²) in [6.07, 6.45) is 0. The van der Waals surface area contributed by atoms with E-state index in [2.05, 4.69) is 14.4 Å². The van der Waals surface area contributed by atoms with Crippen molar-refractivity contribution in [2.24, 2.45) is 9.52 Å². The summed E-state index contributed by atoms with van der Waals surface area (Å²) in [6.45, 7) is 5.09. The lowest BCUT2D eigenvalue weighted by atomic mass is 10.4. The molecule has 2 rings (SSSR count). The quantitative estimate of drug-likeness (QED) is 0.625. The predicted octanol–water partition coefficient (Wildman–Crippen LogP) is 1.29. The summed E-state index contributed by atoms with van der Waals surface area (Å²) in [7, 11) is -0.367. The monoisotopic (exact) mass is 219 g/mol. The van der Waals surface area contributed by atoms with Crippen molar-refractivity contribution in [3.05, 3.63) is 0 Å². The first-order chi connectivity index (χ1) is 6.13. The minimum atomic E-state index is -0.367. The molecule has 2 aliphatic rings. The van der Waals surface area contributed by atoms with Crippen LogP contribution >= 0.6 is 11.8 Å². The number of nitrogens with zero attached hydrogens (tertiary/aromatic N) is 3. The van der Waals surface area contributed by atoms with Crippen molar-refractivity contribution < 1.29 is 5.21 Å². The van der Waals surface area contributed by atoms with Crippen LogP contribution in [-0.2, 0) is 10.7 Å². The van der Waals surface area contributed by atoms with Crippen molar-refractivity contribution in [1.29, 1.82) is 0 Å². The van der Waals surface area contributed by atoms with E-state index in [0.29, 0.717) is 0 Å². The molecule has 0 aromatic heterocycles. The molecule has 6 heteroatoms. The van der Waals surface area contributed by atoms with Gasteiger partial charge in [-0.1, -0.05) is 11.8 Å². The van der Waals surface area contributed by atoms with Crippen LogP contribution < -0.4 is 0 Å². The minimum absolute atomic E-state index is 0.224. The number of rotatable bonds is 0. The largest absolute Gasteiger partial charge is 0.340 e. The van der Waals surface area contributed by atoms with Crippen LogP contribution in [0.2, 0.25) is 0 Å². The normalized spacial score (nSPS) is 31.8. The summed E-state index contributed by atoms with van der Waals surface area (Å²) in [5, 5.41) is 10.0. The van der Waals surface area contributed by atoms with Crippen LogP contribution in [0.4, 0.5) is 0 Å². The molecule has 0 aliphatic carbocycles. The van der Waals surface area contributed by atoms with Gasteiger partial charge < -0.3 is 4.90 Å². The van der Waals surface area contributed by atoms with E-state index in [-0.39, 0.29) is 15.6 Å². The second-order valence-electron chi connectivity index (χ2n) is 3.53. The van der Waals surface area contributed by atoms with E-state index in [0.717, 1.165) is 23.3 Å². The molecule has 1 N–H and O–H groups in total. The molecule has 0 spiro atoms. The van der Waals surface area contributed by atoms with Crippen LogP contribution in [0, 0.1) is 0 Å². The molecule has 4 nitrogen and oxygen atoms in total. The van der Waals surface area contributed by atoms with Crippen molar-refractivity contribution in [2.45, 2.75) is 18.7 Å². The Kier molecular flexibility index (Phi) is 2.37. The summed E-state index contributed by atoms with van der Waals surface area (Å²) < 4.78 is 3.43. The van der Waals surface area contributed by atoms with Crippen LogP contribution in [0.15, 0.2) is 9.52 Å². The average Bonchev–Trinajstić information content (AvgIpc) is 2.47. The summed E-state index contributed by atoms with van der Waals surface area (Å²) in [5.74, 6) is 1.94. The maximum absolute atomic E-state index is 8.88. The molecule has 2 heterocycles. The van der Waals surface area contributed by atoms with Crippen molar-refractivity contribution in [2.75, 3.05) is 18.2 Å². The number of hydrogen-bond donors (Lipinski definition) is 1. The van der Waals surface area contributed by atoms with Crippen LogP contribution in [-0.4, -0.2) is 38.3 Å². The second-order valence-corrected chi connectivity index (χ2v) is 6.74. The Morgan fingerprint density at radius 3 is 3.15 bits per heavy atom. The third-order valence-electron chi connectivity index (χ3n) is 2.18. The van der Waals surface area contributed by atoms with Crippen molar-refractivity contribution in [3.8, 4) is 0 Å². The molecule has 2 aliphatic heterocycles. The van der Waals surface area contributed by atoms with Gasteiger partial charge in [0.15, 0.2) is 5.17 Å². The van der Waals surface area contributed by atoms with Gasteiger partial charge in [0.1, 0.15) is 4.87 Å². The Labute approximate surface area is 84.5 Å². The number of hydrogen-bond acceptors (Lipinski definition) is 4. The maximum Gasteiger partial charge on any atom is 0.161 e. The fourth-order valence-electron chi connectivity index (χ4n) is 1.37. The molecule has 1 unspecified atom stereocenters. The zero-order valence-electron chi connectivity index (χ0n) is 7.73. The first kappa shape index (κ1) is 9.48. The lowest BCUT2D eigenvalue weighted by Gasteiger charge is -2.33. The Hall–Kier alpha value is -0.0700. The van der Waals surface area contributed by atoms with Crippen molar-refractivity contribution in [3.63, 3.8) is 0 Å². The van der Waals surface area contributed by atoms with E-state index >= 15 is 0 Å². The van der Waals surface area contributed by atoms with E-state index in [1.807, 2.05) is 13.8 Å². The summed E-state index contributed by atoms with van der Waals surface area (Å²) in [4.78, 5) is 6.58. The molecule has 74 valence electrons. The van der Waals surface area contributed by atoms with E-state index < -0.39 is 0 Å². The Balaban J connectivity index is 2.35. The summed E-state index contributed by atoms with van der Waals surface area (Å²) in [6, 6.07) is 0. The van der Waals surface area contributed by atoms with Crippen molar-refractivity contribution in [1.82, 2.24) is 4.90 Å². The molecule has 0 bridgehead atoms. The maximum atomic E-state index is 8.88. The Morgan fingerprint density at radius 1 is 1.69 bits per heavy atom. The fraction of sp³-hybridized carbons (Fsp3) is 0.857. The number of aliphatic imine (C=N–C) groups is 1. The first-order valence-corrected chi connectivity index (χ1v) is 6.51. The molecule has 0 saturated carbocycles. The molecule has 0 radical (unpaired) electrons. The van der Waals surface area contributed by atoms with E-state index in [4.69, 9.17) is 5.21 Å². The highest BCUT2D eigenvalue weighted by Crippen LogP contribution is 2.30. The Morgan fingerprint density at radius 2 is 2.46 bits per heavy atom.